The van der Waals surface area contributed by atoms with Gasteiger partial charge in [0.15, 0.2) is 0 Å². The molecule has 0 unspecified atom stereocenters. The largest absolute Gasteiger partial charge is 0.369 e. The predicted octanol–water partition coefficient (Wildman–Crippen LogP) is 6.32. The van der Waals surface area contributed by atoms with E-state index in [4.69, 9.17) is 9.97 Å². The second kappa shape index (κ2) is 17.3. The van der Waals surface area contributed by atoms with E-state index in [0.717, 1.165) is 50.1 Å². The van der Waals surface area contributed by atoms with Crippen molar-refractivity contribution < 1.29 is 9.59 Å². The Kier molecular flexibility index (Phi) is 13.0. The number of likely N-dealkylation sites (N-methyl/N-ethyl adjacent to an activating group) is 1. The van der Waals surface area contributed by atoms with Gasteiger partial charge in [-0.15, -0.1) is 5.54 Å². The first-order chi connectivity index (χ1) is 25.2. The number of carbonyl (C=O) groups is 2. The molecule has 0 radical (unpaired) electrons. The molecule has 0 atom stereocenters. The Morgan fingerprint density at radius 1 is 0.925 bits per heavy atom. The molecule has 0 bridgehead atoms. The maximum Gasteiger partial charge on any atom is 0.253 e. The molecule has 53 heavy (non-hydrogen) atoms. The predicted molar refractivity (Wildman–Crippen MR) is 219 cm³/mol. The molecule has 1 aromatic carbocycles. The normalized spacial score (nSPS) is 18.3. The van der Waals surface area contributed by atoms with Crippen LogP contribution in [0.15, 0.2) is 41.3 Å². The van der Waals surface area contributed by atoms with Gasteiger partial charge in [0.25, 0.3) is 5.56 Å². The maximum atomic E-state index is 14.1. The molecular weight excluding hydrogens is 681 g/mol. The lowest BCUT2D eigenvalue weighted by atomic mass is 9.90. The molecule has 2 aliphatic rings. The molecule has 12 heteroatoms. The van der Waals surface area contributed by atoms with Gasteiger partial charge in [-0.25, -0.2) is 4.98 Å². The van der Waals surface area contributed by atoms with Crippen molar-refractivity contribution in [3.63, 3.8) is 0 Å². The Bertz CT molecular complexity index is 1840. The highest BCUT2D eigenvalue weighted by atomic mass is 28.3. The molecule has 11 nitrogen and oxygen atoms in total. The fourth-order valence-corrected chi connectivity index (χ4v) is 13.6. The molecule has 2 amide bonds. The van der Waals surface area contributed by atoms with Crippen LogP contribution in [0, 0.1) is 11.5 Å². The molecule has 2 fully saturated rings. The summed E-state index contributed by atoms with van der Waals surface area (Å²) in [7, 11) is 3.48. The molecule has 1 saturated carbocycles. The van der Waals surface area contributed by atoms with Gasteiger partial charge in [-0.05, 0) is 73.6 Å². The highest BCUT2D eigenvalue weighted by molar-refractivity contribution is 6.90. The number of aromatic nitrogens is 3. The first-order valence-corrected chi connectivity index (χ1v) is 21.7. The highest BCUT2D eigenvalue weighted by Crippen LogP contribution is 2.41. The Labute approximate surface area is 316 Å². The van der Waals surface area contributed by atoms with Crippen molar-refractivity contribution in [3.05, 3.63) is 52.4 Å². The van der Waals surface area contributed by atoms with Gasteiger partial charge in [0, 0.05) is 94.4 Å². The van der Waals surface area contributed by atoms with Crippen molar-refractivity contribution in [3.8, 4) is 11.5 Å². The number of nitrogens with one attached hydrogen (secondary N) is 2. The summed E-state index contributed by atoms with van der Waals surface area (Å²) in [6.07, 6.45) is 5.06. The molecule has 1 saturated heterocycles. The topological polar surface area (TPSA) is 116 Å². The third kappa shape index (κ3) is 9.30. The lowest BCUT2D eigenvalue weighted by Gasteiger charge is -2.38. The average molecular weight is 741 g/mol. The number of amides is 2. The van der Waals surface area contributed by atoms with E-state index in [2.05, 4.69) is 105 Å². The van der Waals surface area contributed by atoms with E-state index in [0.29, 0.717) is 46.6 Å². The number of piperazine rings is 1. The minimum atomic E-state index is -2.07. The van der Waals surface area contributed by atoms with Crippen molar-refractivity contribution in [2.75, 3.05) is 57.5 Å². The first-order valence-electron chi connectivity index (χ1n) is 19.4. The van der Waals surface area contributed by atoms with Gasteiger partial charge in [-0.2, -0.15) is 4.98 Å². The van der Waals surface area contributed by atoms with E-state index >= 15 is 0 Å². The SMILES string of the molecule is CC(C)[Si](C#Cc1cc(=O)n(C2CCC(NC(=O)CCC(=O)N(C)C)CC2)c2nc(Nc3ccc(N4CCN(C)CC4)cc3)ncc12)(C(C)C)C(C)C. The molecule has 3 heterocycles. The van der Waals surface area contributed by atoms with Crippen LogP contribution in [0.1, 0.15) is 91.7 Å². The number of fused-ring (bicyclic) bond motifs is 1. The maximum absolute atomic E-state index is 14.1. The number of hydrogen-bond donors (Lipinski definition) is 2. The first kappa shape index (κ1) is 40.0. The van der Waals surface area contributed by atoms with E-state index < -0.39 is 8.07 Å². The summed E-state index contributed by atoms with van der Waals surface area (Å²) in [5.74, 6) is 3.77. The summed E-state index contributed by atoms with van der Waals surface area (Å²) in [6, 6.07) is 9.96. The van der Waals surface area contributed by atoms with Crippen LogP contribution >= 0.6 is 0 Å². The van der Waals surface area contributed by atoms with Gasteiger partial charge in [-0.3, -0.25) is 19.0 Å². The Morgan fingerprint density at radius 2 is 1.55 bits per heavy atom. The Morgan fingerprint density at radius 3 is 2.13 bits per heavy atom. The van der Waals surface area contributed by atoms with E-state index in [1.54, 1.807) is 20.2 Å². The molecule has 1 aliphatic carbocycles. The minimum Gasteiger partial charge on any atom is -0.369 e. The van der Waals surface area contributed by atoms with Gasteiger partial charge >= 0.3 is 0 Å². The fourth-order valence-electron chi connectivity index (χ4n) is 8.42. The van der Waals surface area contributed by atoms with Crippen LogP contribution in [-0.4, -0.2) is 97.6 Å². The monoisotopic (exact) mass is 740 g/mol. The van der Waals surface area contributed by atoms with Crippen LogP contribution in [0.25, 0.3) is 11.0 Å². The van der Waals surface area contributed by atoms with E-state index in [1.807, 2.05) is 10.8 Å². The minimum absolute atomic E-state index is 0.00201. The van der Waals surface area contributed by atoms with Crippen LogP contribution in [0.2, 0.25) is 16.6 Å². The van der Waals surface area contributed by atoms with Gasteiger partial charge in [-0.1, -0.05) is 47.5 Å². The zero-order chi connectivity index (χ0) is 38.4. The molecule has 2 aromatic heterocycles. The lowest BCUT2D eigenvalue weighted by Crippen LogP contribution is -2.44. The number of nitrogens with zero attached hydrogens (tertiary/aromatic N) is 6. The van der Waals surface area contributed by atoms with Crippen molar-refractivity contribution in [2.24, 2.45) is 0 Å². The van der Waals surface area contributed by atoms with E-state index in [9.17, 15) is 14.4 Å². The number of carbonyl (C=O) groups excluding carboxylic acids is 2. The number of pyridine rings is 1. The summed E-state index contributed by atoms with van der Waals surface area (Å²) in [5.41, 5.74) is 8.38. The summed E-state index contributed by atoms with van der Waals surface area (Å²) in [5, 5.41) is 7.28. The van der Waals surface area contributed by atoms with Crippen LogP contribution in [0.3, 0.4) is 0 Å². The van der Waals surface area contributed by atoms with Gasteiger partial charge in [0.2, 0.25) is 17.8 Å². The van der Waals surface area contributed by atoms with Gasteiger partial charge < -0.3 is 25.3 Å². The third-order valence-corrected chi connectivity index (χ3v) is 17.8. The quantitative estimate of drug-likeness (QED) is 0.173. The molecular formula is C41H60N8O3Si. The molecule has 3 aromatic rings. The Hall–Kier alpha value is -4.21. The van der Waals surface area contributed by atoms with Crippen LogP contribution in [0.4, 0.5) is 17.3 Å². The van der Waals surface area contributed by atoms with Gasteiger partial charge in [0.1, 0.15) is 13.7 Å². The van der Waals surface area contributed by atoms with Crippen molar-refractivity contribution in [1.29, 1.82) is 0 Å². The van der Waals surface area contributed by atoms with Crippen LogP contribution in [-0.2, 0) is 9.59 Å². The zero-order valence-electron chi connectivity index (χ0n) is 33.3. The third-order valence-electron chi connectivity index (χ3n) is 11.6. The molecule has 2 N–H and O–H groups in total. The van der Waals surface area contributed by atoms with Gasteiger partial charge in [0.05, 0.1) is 5.39 Å². The molecule has 1 aliphatic heterocycles. The number of rotatable bonds is 11. The second-order valence-corrected chi connectivity index (χ2v) is 21.7. The standard InChI is InChI=1S/C41H60N8O3Si/c1-28(2)53(29(3)4,30(5)6)25-20-31-26-39(52)49(35-16-12-32(13-17-35)43-37(50)18-19-38(51)46(7)8)40-36(31)27-42-41(45-40)44-33-10-14-34(15-11-33)48-23-21-47(9)22-24-48/h10-11,14-15,26-30,32,35H,12-13,16-19,21-24H2,1-9H3,(H,43,50)(H,42,44,45). The Balaban J connectivity index is 1.45. The van der Waals surface area contributed by atoms with Crippen molar-refractivity contribution in [2.45, 2.75) is 109 Å². The summed E-state index contributed by atoms with van der Waals surface area (Å²) < 4.78 is 1.83. The molecule has 286 valence electrons. The zero-order valence-corrected chi connectivity index (χ0v) is 34.3. The fraction of sp³-hybridized carbons (Fsp3) is 0.585. The van der Waals surface area contributed by atoms with Crippen molar-refractivity contribution >= 4 is 48.2 Å². The molecule has 0 spiro atoms. The number of hydrogen-bond acceptors (Lipinski definition) is 8. The number of anilines is 3. The smallest absolute Gasteiger partial charge is 0.253 e. The van der Waals surface area contributed by atoms with Crippen LogP contribution in [0.5, 0.6) is 0 Å². The van der Waals surface area contributed by atoms with Crippen LogP contribution < -0.4 is 21.1 Å². The van der Waals surface area contributed by atoms with E-state index in [1.165, 1.54) is 10.6 Å². The second-order valence-electron chi connectivity index (χ2n) is 16.2. The molecule has 5 rings (SSSR count). The average Bonchev–Trinajstić information content (AvgIpc) is 3.11. The van der Waals surface area contributed by atoms with E-state index in [-0.39, 0.29) is 42.3 Å². The lowest BCUT2D eigenvalue weighted by molar-refractivity contribution is -0.131. The van der Waals surface area contributed by atoms with Crippen molar-refractivity contribution in [1.82, 2.24) is 29.7 Å². The highest BCUT2D eigenvalue weighted by Gasteiger charge is 2.41. The summed E-state index contributed by atoms with van der Waals surface area (Å²) in [6.45, 7) is 17.8. The number of benzene rings is 1. The summed E-state index contributed by atoms with van der Waals surface area (Å²) >= 11 is 0. The summed E-state index contributed by atoms with van der Waals surface area (Å²) in [4.78, 5) is 54.8.